The molecule has 2 atom stereocenters. The molecule has 1 fully saturated rings. The second-order valence-electron chi connectivity index (χ2n) is 6.47. The SMILES string of the molecule is CN(C(=O)CN1N=N[C@H]2C(=O)N(c3ccc(Br)cc3)C(=O)[C@@H]21)c1ccccc1. The molecule has 3 amide bonds. The van der Waals surface area contributed by atoms with E-state index in [0.717, 1.165) is 15.1 Å². The number of carbonyl (C=O) groups excluding carboxylic acids is 3. The Balaban J connectivity index is 1.52. The highest BCUT2D eigenvalue weighted by molar-refractivity contribution is 9.10. The van der Waals surface area contributed by atoms with Gasteiger partial charge in [0.15, 0.2) is 12.1 Å². The minimum absolute atomic E-state index is 0.150. The molecule has 2 aliphatic rings. The van der Waals surface area contributed by atoms with E-state index in [4.69, 9.17) is 0 Å². The molecule has 142 valence electrons. The normalized spacial score (nSPS) is 20.6. The summed E-state index contributed by atoms with van der Waals surface area (Å²) in [5.41, 5.74) is 1.20. The third-order valence-electron chi connectivity index (χ3n) is 4.76. The monoisotopic (exact) mass is 441 g/mol. The van der Waals surface area contributed by atoms with Gasteiger partial charge in [-0.2, -0.15) is 5.11 Å². The number of anilines is 2. The first-order valence-electron chi connectivity index (χ1n) is 8.60. The van der Waals surface area contributed by atoms with Crippen LogP contribution in [-0.4, -0.2) is 48.4 Å². The second-order valence-corrected chi connectivity index (χ2v) is 7.38. The fraction of sp³-hybridized carbons (Fsp3) is 0.211. The molecule has 2 aromatic carbocycles. The number of hydrogen-bond donors (Lipinski definition) is 0. The number of benzene rings is 2. The highest BCUT2D eigenvalue weighted by atomic mass is 79.9. The van der Waals surface area contributed by atoms with Gasteiger partial charge in [0.25, 0.3) is 11.8 Å². The van der Waals surface area contributed by atoms with Crippen molar-refractivity contribution < 1.29 is 14.4 Å². The van der Waals surface area contributed by atoms with Crippen molar-refractivity contribution in [3.63, 3.8) is 0 Å². The number of para-hydroxylation sites is 1. The van der Waals surface area contributed by atoms with Gasteiger partial charge >= 0.3 is 0 Å². The lowest BCUT2D eigenvalue weighted by Crippen LogP contribution is -2.45. The first-order chi connectivity index (χ1) is 13.5. The summed E-state index contributed by atoms with van der Waals surface area (Å²) in [6.45, 7) is -0.150. The van der Waals surface area contributed by atoms with Crippen molar-refractivity contribution in [3.8, 4) is 0 Å². The van der Waals surface area contributed by atoms with Crippen LogP contribution in [0.15, 0.2) is 69.4 Å². The summed E-state index contributed by atoms with van der Waals surface area (Å²) < 4.78 is 0.839. The number of amides is 3. The number of rotatable bonds is 4. The van der Waals surface area contributed by atoms with Gasteiger partial charge in [0, 0.05) is 17.2 Å². The number of halogens is 1. The lowest BCUT2D eigenvalue weighted by Gasteiger charge is -2.23. The first-order valence-corrected chi connectivity index (χ1v) is 9.39. The number of hydrogen-bond acceptors (Lipinski definition) is 6. The Bertz CT molecular complexity index is 963. The van der Waals surface area contributed by atoms with Crippen LogP contribution < -0.4 is 9.80 Å². The van der Waals surface area contributed by atoms with E-state index in [1.807, 2.05) is 30.3 Å². The molecule has 2 aliphatic heterocycles. The molecule has 0 spiro atoms. The summed E-state index contributed by atoms with van der Waals surface area (Å²) >= 11 is 3.33. The third-order valence-corrected chi connectivity index (χ3v) is 5.29. The van der Waals surface area contributed by atoms with Gasteiger partial charge in [-0.25, -0.2) is 4.90 Å². The molecular weight excluding hydrogens is 426 g/mol. The maximum Gasteiger partial charge on any atom is 0.263 e. The first kappa shape index (κ1) is 18.3. The Hall–Kier alpha value is -3.07. The lowest BCUT2D eigenvalue weighted by molar-refractivity contribution is -0.124. The minimum Gasteiger partial charge on any atom is -0.314 e. The zero-order valence-electron chi connectivity index (χ0n) is 14.9. The van der Waals surface area contributed by atoms with Crippen molar-refractivity contribution >= 4 is 45.0 Å². The molecule has 2 aromatic rings. The molecule has 0 radical (unpaired) electrons. The van der Waals surface area contributed by atoms with Crippen LogP contribution in [0.1, 0.15) is 0 Å². The summed E-state index contributed by atoms with van der Waals surface area (Å²) in [5.74, 6) is -1.13. The molecule has 0 bridgehead atoms. The van der Waals surface area contributed by atoms with Crippen molar-refractivity contribution in [2.45, 2.75) is 12.1 Å². The van der Waals surface area contributed by atoms with E-state index in [9.17, 15) is 14.4 Å². The van der Waals surface area contributed by atoms with E-state index in [1.165, 1.54) is 9.91 Å². The molecule has 28 heavy (non-hydrogen) atoms. The number of fused-ring (bicyclic) bond motifs is 1. The highest BCUT2D eigenvalue weighted by Gasteiger charge is 2.55. The Kier molecular flexibility index (Phi) is 4.68. The summed E-state index contributed by atoms with van der Waals surface area (Å²) in [5, 5.41) is 9.16. The van der Waals surface area contributed by atoms with Crippen LogP contribution in [0.3, 0.4) is 0 Å². The maximum atomic E-state index is 12.9. The number of carbonyl (C=O) groups is 3. The predicted octanol–water partition coefficient (Wildman–Crippen LogP) is 2.41. The molecular formula is C19H16BrN5O3. The van der Waals surface area contributed by atoms with Crippen LogP contribution in [0.2, 0.25) is 0 Å². The fourth-order valence-electron chi connectivity index (χ4n) is 3.24. The van der Waals surface area contributed by atoms with Crippen molar-refractivity contribution in [3.05, 3.63) is 59.1 Å². The number of likely N-dealkylation sites (N-methyl/N-ethyl adjacent to an activating group) is 1. The molecule has 2 heterocycles. The Labute approximate surface area is 169 Å². The van der Waals surface area contributed by atoms with E-state index < -0.39 is 23.9 Å². The Morgan fingerprint density at radius 2 is 1.75 bits per heavy atom. The summed E-state index contributed by atoms with van der Waals surface area (Å²) in [6, 6.07) is 14.2. The smallest absolute Gasteiger partial charge is 0.263 e. The average molecular weight is 442 g/mol. The summed E-state index contributed by atoms with van der Waals surface area (Å²) in [4.78, 5) is 40.8. The van der Waals surface area contributed by atoms with Gasteiger partial charge in [-0.05, 0) is 36.4 Å². The van der Waals surface area contributed by atoms with Crippen LogP contribution >= 0.6 is 15.9 Å². The number of nitrogens with zero attached hydrogens (tertiary/aromatic N) is 5. The molecule has 8 nitrogen and oxygen atoms in total. The van der Waals surface area contributed by atoms with Crippen molar-refractivity contribution in [2.24, 2.45) is 10.3 Å². The molecule has 9 heteroatoms. The summed E-state index contributed by atoms with van der Waals surface area (Å²) in [7, 11) is 1.65. The van der Waals surface area contributed by atoms with Gasteiger partial charge in [0.2, 0.25) is 5.91 Å². The zero-order valence-corrected chi connectivity index (χ0v) is 16.5. The average Bonchev–Trinajstić information content (AvgIpc) is 3.23. The quantitative estimate of drug-likeness (QED) is 0.681. The van der Waals surface area contributed by atoms with Crippen LogP contribution in [0, 0.1) is 0 Å². The van der Waals surface area contributed by atoms with Gasteiger partial charge in [-0.15, -0.1) is 0 Å². The van der Waals surface area contributed by atoms with Crippen molar-refractivity contribution in [1.82, 2.24) is 5.01 Å². The molecule has 0 saturated carbocycles. The second kappa shape index (κ2) is 7.16. The van der Waals surface area contributed by atoms with Crippen LogP contribution in [0.5, 0.6) is 0 Å². The zero-order chi connectivity index (χ0) is 19.8. The van der Waals surface area contributed by atoms with Gasteiger partial charge in [0.1, 0.15) is 6.54 Å². The van der Waals surface area contributed by atoms with Crippen LogP contribution in [-0.2, 0) is 14.4 Å². The maximum absolute atomic E-state index is 12.9. The minimum atomic E-state index is -0.925. The Morgan fingerprint density at radius 3 is 2.43 bits per heavy atom. The molecule has 0 N–H and O–H groups in total. The summed E-state index contributed by atoms with van der Waals surface area (Å²) in [6.07, 6.45) is 0. The standard InChI is InChI=1S/C19H16BrN5O3/c1-23(13-5-3-2-4-6-13)15(26)11-24-17-16(21-22-24)18(27)25(19(17)28)14-9-7-12(20)8-10-14/h2-10,16-17H,11H2,1H3/t16-,17-/m1/s1. The highest BCUT2D eigenvalue weighted by Crippen LogP contribution is 2.32. The molecule has 0 aliphatic carbocycles. The molecule has 0 unspecified atom stereocenters. The van der Waals surface area contributed by atoms with E-state index in [0.29, 0.717) is 5.69 Å². The van der Waals surface area contributed by atoms with Crippen LogP contribution in [0.4, 0.5) is 11.4 Å². The molecule has 1 saturated heterocycles. The Morgan fingerprint density at radius 1 is 1.07 bits per heavy atom. The largest absolute Gasteiger partial charge is 0.314 e. The molecule has 0 aromatic heterocycles. The predicted molar refractivity (Wildman–Crippen MR) is 106 cm³/mol. The van der Waals surface area contributed by atoms with E-state index in [2.05, 4.69) is 26.3 Å². The van der Waals surface area contributed by atoms with Crippen molar-refractivity contribution in [2.75, 3.05) is 23.4 Å². The molecule has 4 rings (SSSR count). The van der Waals surface area contributed by atoms with Crippen LogP contribution in [0.25, 0.3) is 0 Å². The third kappa shape index (κ3) is 3.07. The van der Waals surface area contributed by atoms with Gasteiger partial charge in [-0.1, -0.05) is 39.4 Å². The van der Waals surface area contributed by atoms with Gasteiger partial charge in [0.05, 0.1) is 5.69 Å². The van der Waals surface area contributed by atoms with Gasteiger partial charge in [-0.3, -0.25) is 19.4 Å². The van der Waals surface area contributed by atoms with E-state index in [1.54, 1.807) is 31.3 Å². The fourth-order valence-corrected chi connectivity index (χ4v) is 3.50. The topological polar surface area (TPSA) is 85.7 Å². The van der Waals surface area contributed by atoms with E-state index >= 15 is 0 Å². The van der Waals surface area contributed by atoms with Gasteiger partial charge < -0.3 is 4.90 Å². The number of imide groups is 1. The lowest BCUT2D eigenvalue weighted by atomic mass is 10.1. The van der Waals surface area contributed by atoms with E-state index in [-0.39, 0.29) is 12.5 Å². The van der Waals surface area contributed by atoms with Crippen molar-refractivity contribution in [1.29, 1.82) is 0 Å².